The van der Waals surface area contributed by atoms with Crippen molar-refractivity contribution in [1.29, 1.82) is 0 Å². The van der Waals surface area contributed by atoms with Crippen molar-refractivity contribution in [3.8, 4) is 0 Å². The molecule has 0 amide bonds. The summed E-state index contributed by atoms with van der Waals surface area (Å²) in [5, 5.41) is 10.0. The number of hydrogen-bond donors (Lipinski definition) is 2. The van der Waals surface area contributed by atoms with E-state index in [1.165, 1.54) is 12.8 Å². The second-order valence-electron chi connectivity index (χ2n) is 11.9. The van der Waals surface area contributed by atoms with E-state index >= 15 is 0 Å². The fraction of sp³-hybridized carbons (Fsp3) is 0.550. The van der Waals surface area contributed by atoms with Gasteiger partial charge in [-0.15, -0.1) is 0 Å². The van der Waals surface area contributed by atoms with E-state index in [4.69, 9.17) is 38.8 Å². The van der Waals surface area contributed by atoms with Crippen molar-refractivity contribution >= 4 is 46.2 Å². The van der Waals surface area contributed by atoms with Crippen LogP contribution in [0.15, 0.2) is 48.0 Å². The van der Waals surface area contributed by atoms with Crippen LogP contribution in [0.3, 0.4) is 0 Å². The van der Waals surface area contributed by atoms with Crippen LogP contribution >= 0.6 is 23.2 Å². The number of carbonyl (C=O) groups is 2. The van der Waals surface area contributed by atoms with Crippen LogP contribution in [0, 0.1) is 12.8 Å². The standard InChI is InChI=1S/C20H27Cl2NO2.C14H18O2.C4H10.C2H6/c1-3-6-14(7-4-2)25-12-15(20(24)13-10-11-13)19(23)18-16(21)8-5-9-17(18)22;1-5-11(14(15)16)12-7-6-10(4)8-13(12)9(2)3;1-3-4-2;1-2/h5,8-9,13-14H,3-4,6-7,10-12,23H2,1-2H3;5-9H,1-4H3,(H,15,16);3-4H2,1-2H3;1-2H3/b19-15-;11-5+;;. The van der Waals surface area contributed by atoms with Crippen LogP contribution in [-0.4, -0.2) is 29.6 Å². The largest absolute Gasteiger partial charge is 0.478 e. The first-order valence-corrected chi connectivity index (χ1v) is 18.2. The first-order chi connectivity index (χ1) is 22.4. The average Bonchev–Trinajstić information content (AvgIpc) is 3.89. The fourth-order valence-electron chi connectivity index (χ4n) is 4.73. The maximum atomic E-state index is 12.8. The first kappa shape index (κ1) is 44.4. The van der Waals surface area contributed by atoms with Crippen molar-refractivity contribution in [3.63, 3.8) is 0 Å². The normalized spacial score (nSPS) is 13.0. The number of aryl methyl sites for hydroxylation is 1. The zero-order valence-corrected chi connectivity index (χ0v) is 32.2. The number of ketones is 1. The number of carbonyl (C=O) groups excluding carboxylic acids is 1. The second kappa shape index (κ2) is 24.5. The highest BCUT2D eigenvalue weighted by molar-refractivity contribution is 6.37. The molecule has 0 heterocycles. The second-order valence-corrected chi connectivity index (χ2v) is 12.7. The lowest BCUT2D eigenvalue weighted by Gasteiger charge is -2.19. The Morgan fingerprint density at radius 3 is 1.89 bits per heavy atom. The molecule has 2 aromatic rings. The number of aliphatic carboxylic acids is 1. The summed E-state index contributed by atoms with van der Waals surface area (Å²) >= 11 is 12.6. The van der Waals surface area contributed by atoms with Gasteiger partial charge in [-0.05, 0) is 68.7 Å². The Bertz CT molecular complexity index is 1270. The topological polar surface area (TPSA) is 89.6 Å². The van der Waals surface area contributed by atoms with Gasteiger partial charge in [0.05, 0.1) is 34.0 Å². The van der Waals surface area contributed by atoms with Crippen LogP contribution < -0.4 is 5.73 Å². The molecule has 3 N–H and O–H groups in total. The molecular weight excluding hydrogens is 629 g/mol. The molecular formula is C40H61Cl2NO4. The molecule has 1 aliphatic carbocycles. The molecule has 0 aromatic heterocycles. The molecule has 1 fully saturated rings. The minimum atomic E-state index is -0.867. The van der Waals surface area contributed by atoms with E-state index in [9.17, 15) is 9.59 Å². The molecule has 5 nitrogen and oxygen atoms in total. The summed E-state index contributed by atoms with van der Waals surface area (Å²) in [6.45, 7) is 20.8. The number of Topliss-reactive ketones (excluding diaryl/α,β-unsaturated/α-hetero) is 1. The van der Waals surface area contributed by atoms with Gasteiger partial charge < -0.3 is 15.6 Å². The predicted molar refractivity (Wildman–Crippen MR) is 203 cm³/mol. The number of carboxylic acids is 1. The van der Waals surface area contributed by atoms with Gasteiger partial charge in [-0.25, -0.2) is 4.79 Å². The summed E-state index contributed by atoms with van der Waals surface area (Å²) < 4.78 is 6.06. The quantitative estimate of drug-likeness (QED) is 0.193. The fourth-order valence-corrected chi connectivity index (χ4v) is 5.34. The lowest BCUT2D eigenvalue weighted by atomic mass is 9.91. The van der Waals surface area contributed by atoms with E-state index in [2.05, 4.69) is 47.6 Å². The minimum Gasteiger partial charge on any atom is -0.478 e. The van der Waals surface area contributed by atoms with Gasteiger partial charge in [-0.1, -0.05) is 140 Å². The molecule has 0 bridgehead atoms. The molecule has 0 spiro atoms. The van der Waals surface area contributed by atoms with E-state index in [1.54, 1.807) is 31.2 Å². The van der Waals surface area contributed by atoms with Crippen molar-refractivity contribution in [2.75, 3.05) is 6.61 Å². The number of allylic oxidation sites excluding steroid dienone is 1. The van der Waals surface area contributed by atoms with Crippen LogP contribution in [0.5, 0.6) is 0 Å². The Hall–Kier alpha value is -2.60. The zero-order valence-electron chi connectivity index (χ0n) is 30.6. The molecule has 0 unspecified atom stereocenters. The number of nitrogens with two attached hydrogens (primary N) is 1. The van der Waals surface area contributed by atoms with Crippen molar-refractivity contribution in [2.24, 2.45) is 11.7 Å². The van der Waals surface area contributed by atoms with Gasteiger partial charge in [-0.3, -0.25) is 4.79 Å². The maximum Gasteiger partial charge on any atom is 0.335 e. The molecule has 47 heavy (non-hydrogen) atoms. The molecule has 0 saturated heterocycles. The van der Waals surface area contributed by atoms with Crippen LogP contribution in [0.1, 0.15) is 142 Å². The number of unbranched alkanes of at least 4 members (excludes halogenated alkanes) is 1. The smallest absolute Gasteiger partial charge is 0.335 e. The van der Waals surface area contributed by atoms with Crippen molar-refractivity contribution in [1.82, 2.24) is 0 Å². The Balaban J connectivity index is 0.000000823. The summed E-state index contributed by atoms with van der Waals surface area (Å²) in [5.74, 6) is -0.410. The van der Waals surface area contributed by atoms with Gasteiger partial charge in [0.2, 0.25) is 0 Å². The molecule has 3 rings (SSSR count). The van der Waals surface area contributed by atoms with E-state index in [0.29, 0.717) is 38.4 Å². The molecule has 264 valence electrons. The third kappa shape index (κ3) is 15.4. The number of hydrogen-bond acceptors (Lipinski definition) is 4. The van der Waals surface area contributed by atoms with Gasteiger partial charge in [0.15, 0.2) is 5.78 Å². The highest BCUT2D eigenvalue weighted by Gasteiger charge is 2.34. The summed E-state index contributed by atoms with van der Waals surface area (Å²) in [6.07, 6.45) is 10.3. The summed E-state index contributed by atoms with van der Waals surface area (Å²) in [5.41, 5.74) is 11.2. The van der Waals surface area contributed by atoms with Crippen molar-refractivity contribution in [3.05, 3.63) is 80.3 Å². The van der Waals surface area contributed by atoms with E-state index in [1.807, 2.05) is 32.9 Å². The highest BCUT2D eigenvalue weighted by atomic mass is 35.5. The van der Waals surface area contributed by atoms with Gasteiger partial charge in [-0.2, -0.15) is 0 Å². The minimum absolute atomic E-state index is 0.0641. The van der Waals surface area contributed by atoms with Crippen LogP contribution in [0.25, 0.3) is 11.3 Å². The van der Waals surface area contributed by atoms with Crippen molar-refractivity contribution in [2.45, 2.75) is 133 Å². The Morgan fingerprint density at radius 2 is 1.49 bits per heavy atom. The number of benzene rings is 2. The van der Waals surface area contributed by atoms with E-state index < -0.39 is 5.97 Å². The van der Waals surface area contributed by atoms with E-state index in [0.717, 1.165) is 55.2 Å². The monoisotopic (exact) mass is 689 g/mol. The highest BCUT2D eigenvalue weighted by Crippen LogP contribution is 2.36. The lowest BCUT2D eigenvalue weighted by Crippen LogP contribution is -2.21. The lowest BCUT2D eigenvalue weighted by molar-refractivity contribution is -0.130. The third-order valence-electron chi connectivity index (χ3n) is 7.63. The number of rotatable bonds is 14. The van der Waals surface area contributed by atoms with Gasteiger partial charge in [0.1, 0.15) is 0 Å². The Morgan fingerprint density at radius 1 is 0.957 bits per heavy atom. The Labute approximate surface area is 296 Å². The maximum absolute atomic E-state index is 12.8. The van der Waals surface area contributed by atoms with Crippen LogP contribution in [0.4, 0.5) is 0 Å². The van der Waals surface area contributed by atoms with Gasteiger partial charge >= 0.3 is 5.97 Å². The summed E-state index contributed by atoms with van der Waals surface area (Å²) in [4.78, 5) is 23.9. The molecule has 0 radical (unpaired) electrons. The summed E-state index contributed by atoms with van der Waals surface area (Å²) in [7, 11) is 0. The van der Waals surface area contributed by atoms with Crippen LogP contribution in [0.2, 0.25) is 10.0 Å². The molecule has 0 aliphatic heterocycles. The molecule has 1 aliphatic rings. The number of carboxylic acid groups (broad SMARTS) is 1. The Kier molecular flexibility index (Phi) is 23.2. The van der Waals surface area contributed by atoms with Crippen LogP contribution in [-0.2, 0) is 14.3 Å². The first-order valence-electron chi connectivity index (χ1n) is 17.5. The molecule has 0 atom stereocenters. The summed E-state index contributed by atoms with van der Waals surface area (Å²) in [6, 6.07) is 11.1. The average molecular weight is 691 g/mol. The van der Waals surface area contributed by atoms with Gasteiger partial charge in [0.25, 0.3) is 0 Å². The van der Waals surface area contributed by atoms with Crippen molar-refractivity contribution < 1.29 is 19.4 Å². The molecule has 1 saturated carbocycles. The predicted octanol–water partition coefficient (Wildman–Crippen LogP) is 12.1. The number of halogens is 2. The molecule has 7 heteroatoms. The number of ether oxygens (including phenoxy) is 1. The SMILES string of the molecule is C/C=C(/C(=O)O)c1ccc(C)cc1C(C)C.CC.CCCC.CCCC(CCC)OC/C(C(=O)C1CC1)=C(/N)c1c(Cl)cccc1Cl. The molecule has 2 aromatic carbocycles. The van der Waals surface area contributed by atoms with Gasteiger partial charge in [0, 0.05) is 17.1 Å². The third-order valence-corrected chi connectivity index (χ3v) is 8.26. The van der Waals surface area contributed by atoms with E-state index in [-0.39, 0.29) is 24.4 Å². The zero-order chi connectivity index (χ0) is 36.1.